The van der Waals surface area contributed by atoms with Crippen molar-refractivity contribution in [2.24, 2.45) is 0 Å². The maximum Gasteiger partial charge on any atom is 0.271 e. The number of nitrogens with one attached hydrogen (secondary N) is 2. The van der Waals surface area contributed by atoms with Crippen LogP contribution in [-0.2, 0) is 4.79 Å². The summed E-state index contributed by atoms with van der Waals surface area (Å²) in [6, 6.07) is 7.75. The second-order valence-electron chi connectivity index (χ2n) is 4.75. The van der Waals surface area contributed by atoms with Gasteiger partial charge in [-0.2, -0.15) is 0 Å². The molecular formula is C14H14BrN3O2. The standard InChI is InChI=1S/C14H14BrN3O2/c15-12-9-3-1-2-4-10(9)17-13(12)14(20)18-7-5-11(19)16-6-8-18/h1-4,17H,5-8H2,(H,16,19). The van der Waals surface area contributed by atoms with Crippen molar-refractivity contribution in [3.63, 3.8) is 0 Å². The lowest BCUT2D eigenvalue weighted by Gasteiger charge is -2.18. The summed E-state index contributed by atoms with van der Waals surface area (Å²) in [4.78, 5) is 28.8. The third-order valence-corrected chi connectivity index (χ3v) is 4.28. The number of carbonyl (C=O) groups is 2. The fourth-order valence-electron chi connectivity index (χ4n) is 2.38. The third-order valence-electron chi connectivity index (χ3n) is 3.46. The lowest BCUT2D eigenvalue weighted by Crippen LogP contribution is -2.34. The molecule has 1 aliphatic rings. The summed E-state index contributed by atoms with van der Waals surface area (Å²) < 4.78 is 0.779. The van der Waals surface area contributed by atoms with Gasteiger partial charge in [0.15, 0.2) is 0 Å². The van der Waals surface area contributed by atoms with Gasteiger partial charge in [-0.1, -0.05) is 18.2 Å². The van der Waals surface area contributed by atoms with Crippen LogP contribution in [0, 0.1) is 0 Å². The van der Waals surface area contributed by atoms with Crippen LogP contribution in [0.1, 0.15) is 16.9 Å². The quantitative estimate of drug-likeness (QED) is 0.835. The van der Waals surface area contributed by atoms with Gasteiger partial charge in [-0.15, -0.1) is 0 Å². The van der Waals surface area contributed by atoms with E-state index in [0.29, 0.717) is 31.7 Å². The van der Waals surface area contributed by atoms with Gasteiger partial charge in [0, 0.05) is 37.0 Å². The average molecular weight is 336 g/mol. The maximum atomic E-state index is 12.6. The average Bonchev–Trinajstić information content (AvgIpc) is 2.64. The van der Waals surface area contributed by atoms with Gasteiger partial charge in [-0.25, -0.2) is 0 Å². The molecule has 3 rings (SSSR count). The van der Waals surface area contributed by atoms with E-state index in [1.165, 1.54) is 0 Å². The second-order valence-corrected chi connectivity index (χ2v) is 5.54. The smallest absolute Gasteiger partial charge is 0.271 e. The van der Waals surface area contributed by atoms with Crippen LogP contribution in [0.25, 0.3) is 10.9 Å². The number of nitrogens with zero attached hydrogens (tertiary/aromatic N) is 1. The summed E-state index contributed by atoms with van der Waals surface area (Å²) in [5.74, 6) is -0.0828. The molecule has 2 amide bonds. The van der Waals surface area contributed by atoms with Crippen LogP contribution in [-0.4, -0.2) is 41.3 Å². The summed E-state index contributed by atoms with van der Waals surface area (Å²) in [7, 11) is 0. The molecule has 0 aliphatic carbocycles. The van der Waals surface area contributed by atoms with Gasteiger partial charge >= 0.3 is 0 Å². The normalized spacial score (nSPS) is 16.1. The first-order chi connectivity index (χ1) is 9.66. The summed E-state index contributed by atoms with van der Waals surface area (Å²) in [6.45, 7) is 1.49. The number of aromatic nitrogens is 1. The Labute approximate surface area is 124 Å². The first-order valence-corrected chi connectivity index (χ1v) is 7.28. The van der Waals surface area contributed by atoms with Gasteiger partial charge in [0.2, 0.25) is 5.91 Å². The molecule has 6 heteroatoms. The number of para-hydroxylation sites is 1. The Morgan fingerprint density at radius 3 is 2.85 bits per heavy atom. The zero-order valence-electron chi connectivity index (χ0n) is 10.8. The van der Waals surface area contributed by atoms with E-state index in [1.54, 1.807) is 4.90 Å². The van der Waals surface area contributed by atoms with Crippen molar-refractivity contribution in [1.29, 1.82) is 0 Å². The molecule has 2 aromatic rings. The number of hydrogen-bond acceptors (Lipinski definition) is 2. The molecule has 0 bridgehead atoms. The minimum Gasteiger partial charge on any atom is -0.354 e. The van der Waals surface area contributed by atoms with Gasteiger partial charge in [0.05, 0.1) is 4.47 Å². The van der Waals surface area contributed by atoms with Crippen LogP contribution in [0.2, 0.25) is 0 Å². The van der Waals surface area contributed by atoms with E-state index in [-0.39, 0.29) is 11.8 Å². The number of hydrogen-bond donors (Lipinski definition) is 2. The lowest BCUT2D eigenvalue weighted by molar-refractivity contribution is -0.120. The van der Waals surface area contributed by atoms with Gasteiger partial charge in [-0.3, -0.25) is 9.59 Å². The van der Waals surface area contributed by atoms with Crippen LogP contribution in [0.4, 0.5) is 0 Å². The second kappa shape index (κ2) is 5.28. The molecule has 1 aliphatic heterocycles. The number of aromatic amines is 1. The summed E-state index contributed by atoms with van der Waals surface area (Å²) in [6.07, 6.45) is 0.351. The SMILES string of the molecule is O=C1CCN(C(=O)c2[nH]c3ccccc3c2Br)CCN1. The van der Waals surface area contributed by atoms with Gasteiger partial charge in [0.1, 0.15) is 5.69 Å². The fourth-order valence-corrected chi connectivity index (χ4v) is 3.00. The Kier molecular flexibility index (Phi) is 3.48. The molecule has 0 radical (unpaired) electrons. The Bertz CT molecular complexity index is 680. The number of halogens is 1. The van der Waals surface area contributed by atoms with Crippen molar-refractivity contribution in [2.45, 2.75) is 6.42 Å². The fraction of sp³-hybridized carbons (Fsp3) is 0.286. The molecule has 0 saturated carbocycles. The molecule has 1 aromatic carbocycles. The van der Waals surface area contributed by atoms with E-state index in [4.69, 9.17) is 0 Å². The Hall–Kier alpha value is -1.82. The maximum absolute atomic E-state index is 12.6. The van der Waals surface area contributed by atoms with Crippen LogP contribution in [0.3, 0.4) is 0 Å². The third kappa shape index (κ3) is 2.31. The van der Waals surface area contributed by atoms with Crippen molar-refractivity contribution in [3.05, 3.63) is 34.4 Å². The van der Waals surface area contributed by atoms with Crippen LogP contribution >= 0.6 is 15.9 Å². The first-order valence-electron chi connectivity index (χ1n) is 6.49. The highest BCUT2D eigenvalue weighted by Crippen LogP contribution is 2.28. The van der Waals surface area contributed by atoms with E-state index in [0.717, 1.165) is 15.4 Å². The van der Waals surface area contributed by atoms with Crippen molar-refractivity contribution in [3.8, 4) is 0 Å². The number of benzene rings is 1. The van der Waals surface area contributed by atoms with Crippen molar-refractivity contribution in [1.82, 2.24) is 15.2 Å². The molecule has 20 heavy (non-hydrogen) atoms. The molecule has 104 valence electrons. The lowest BCUT2D eigenvalue weighted by atomic mass is 10.2. The van der Waals surface area contributed by atoms with Gasteiger partial charge in [-0.05, 0) is 22.0 Å². The largest absolute Gasteiger partial charge is 0.354 e. The number of fused-ring (bicyclic) bond motifs is 1. The number of H-pyrrole nitrogens is 1. The highest BCUT2D eigenvalue weighted by atomic mass is 79.9. The summed E-state index contributed by atoms with van der Waals surface area (Å²) >= 11 is 3.49. The topological polar surface area (TPSA) is 65.2 Å². The van der Waals surface area contributed by atoms with Crippen LogP contribution in [0.15, 0.2) is 28.7 Å². The van der Waals surface area contributed by atoms with E-state index in [9.17, 15) is 9.59 Å². The number of amides is 2. The number of rotatable bonds is 1. The molecule has 1 saturated heterocycles. The van der Waals surface area contributed by atoms with E-state index >= 15 is 0 Å². The van der Waals surface area contributed by atoms with E-state index < -0.39 is 0 Å². The molecule has 1 fully saturated rings. The molecule has 0 unspecified atom stereocenters. The molecule has 0 atom stereocenters. The highest BCUT2D eigenvalue weighted by Gasteiger charge is 2.23. The van der Waals surface area contributed by atoms with E-state index in [1.807, 2.05) is 24.3 Å². The molecule has 2 heterocycles. The summed E-state index contributed by atoms with van der Waals surface area (Å²) in [5, 5.41) is 3.75. The predicted octanol–water partition coefficient (Wildman–Crippen LogP) is 1.89. The minimum atomic E-state index is -0.0791. The zero-order valence-corrected chi connectivity index (χ0v) is 12.4. The van der Waals surface area contributed by atoms with Crippen LogP contribution < -0.4 is 5.32 Å². The Balaban J connectivity index is 1.92. The van der Waals surface area contributed by atoms with E-state index in [2.05, 4.69) is 26.2 Å². The molecular weight excluding hydrogens is 322 g/mol. The number of carbonyl (C=O) groups excluding carboxylic acids is 2. The van der Waals surface area contributed by atoms with Crippen molar-refractivity contribution < 1.29 is 9.59 Å². The van der Waals surface area contributed by atoms with Crippen LogP contribution in [0.5, 0.6) is 0 Å². The minimum absolute atomic E-state index is 0.00369. The molecule has 1 aromatic heterocycles. The van der Waals surface area contributed by atoms with Gasteiger partial charge in [0.25, 0.3) is 5.91 Å². The van der Waals surface area contributed by atoms with Gasteiger partial charge < -0.3 is 15.2 Å². The molecule has 2 N–H and O–H groups in total. The molecule has 0 spiro atoms. The summed E-state index contributed by atoms with van der Waals surface area (Å²) in [5.41, 5.74) is 1.47. The monoisotopic (exact) mass is 335 g/mol. The van der Waals surface area contributed by atoms with Crippen molar-refractivity contribution in [2.75, 3.05) is 19.6 Å². The molecule has 5 nitrogen and oxygen atoms in total. The predicted molar refractivity (Wildman–Crippen MR) is 79.5 cm³/mol. The Morgan fingerprint density at radius 1 is 1.25 bits per heavy atom. The first kappa shape index (κ1) is 13.2. The highest BCUT2D eigenvalue weighted by molar-refractivity contribution is 9.10. The van der Waals surface area contributed by atoms with Crippen molar-refractivity contribution >= 4 is 38.6 Å². The zero-order chi connectivity index (χ0) is 14.1. The Morgan fingerprint density at radius 2 is 2.05 bits per heavy atom.